The van der Waals surface area contributed by atoms with E-state index in [0.717, 1.165) is 4.47 Å². The average Bonchev–Trinajstić information content (AvgIpc) is 3.16. The van der Waals surface area contributed by atoms with E-state index in [2.05, 4.69) is 36.5 Å². The van der Waals surface area contributed by atoms with Gasteiger partial charge in [-0.3, -0.25) is 4.79 Å². The molecule has 4 rings (SSSR count). The highest BCUT2D eigenvalue weighted by atomic mass is 79.9. The van der Waals surface area contributed by atoms with Gasteiger partial charge < -0.3 is 10.1 Å². The Morgan fingerprint density at radius 3 is 2.87 bits per heavy atom. The summed E-state index contributed by atoms with van der Waals surface area (Å²) in [4.78, 5) is 12.3. The number of fused-ring (bicyclic) bond motifs is 1. The number of rotatable bonds is 6. The molecule has 0 bridgehead atoms. The molecule has 1 N–H and O–H groups in total. The van der Waals surface area contributed by atoms with E-state index in [1.165, 1.54) is 16.6 Å². The van der Waals surface area contributed by atoms with Crippen LogP contribution in [0.15, 0.2) is 59.1 Å². The van der Waals surface area contributed by atoms with Gasteiger partial charge in [0.2, 0.25) is 5.88 Å². The Morgan fingerprint density at radius 2 is 2.03 bits per heavy atom. The number of hydrogen-bond donors (Lipinski definition) is 1. The summed E-state index contributed by atoms with van der Waals surface area (Å²) >= 11 is 9.37. The van der Waals surface area contributed by atoms with Crippen LogP contribution in [0.25, 0.3) is 17.0 Å². The molecule has 0 fully saturated rings. The quantitative estimate of drug-likeness (QED) is 0.411. The summed E-state index contributed by atoms with van der Waals surface area (Å²) in [6, 6.07) is 14.4. The molecule has 0 aliphatic carbocycles. The Kier molecular flexibility index (Phi) is 5.91. The zero-order valence-electron chi connectivity index (χ0n) is 15.3. The third-order valence-corrected chi connectivity index (χ3v) is 4.95. The molecule has 30 heavy (non-hydrogen) atoms. The Bertz CT molecular complexity index is 1230. The largest absolute Gasteiger partial charge is 0.475 e. The Balaban J connectivity index is 1.41. The van der Waals surface area contributed by atoms with Crippen molar-refractivity contribution in [1.82, 2.24) is 25.1 Å². The number of amides is 1. The minimum atomic E-state index is -0.377. The molecular formula is C20H14BrClFN5O2. The predicted molar refractivity (Wildman–Crippen MR) is 113 cm³/mol. The van der Waals surface area contributed by atoms with E-state index in [1.807, 2.05) is 0 Å². The van der Waals surface area contributed by atoms with E-state index in [1.54, 1.807) is 42.5 Å². The van der Waals surface area contributed by atoms with Crippen LogP contribution in [0.3, 0.4) is 0 Å². The molecule has 0 unspecified atom stereocenters. The highest BCUT2D eigenvalue weighted by molar-refractivity contribution is 9.10. The van der Waals surface area contributed by atoms with Crippen LogP contribution in [-0.4, -0.2) is 38.9 Å². The lowest BCUT2D eigenvalue weighted by molar-refractivity contribution is 0.0946. The number of ether oxygens (including phenoxy) is 1. The maximum Gasteiger partial charge on any atom is 0.252 e. The second kappa shape index (κ2) is 8.76. The number of carbonyl (C=O) groups is 1. The van der Waals surface area contributed by atoms with E-state index in [9.17, 15) is 9.18 Å². The fourth-order valence-corrected chi connectivity index (χ4v) is 3.31. The summed E-state index contributed by atoms with van der Waals surface area (Å²) < 4.78 is 21.4. The summed E-state index contributed by atoms with van der Waals surface area (Å²) in [5.41, 5.74) is 1.42. The molecule has 2 aromatic heterocycles. The van der Waals surface area contributed by atoms with Gasteiger partial charge in [0.05, 0.1) is 17.1 Å². The zero-order chi connectivity index (χ0) is 21.1. The summed E-state index contributed by atoms with van der Waals surface area (Å²) in [5, 5.41) is 15.6. The van der Waals surface area contributed by atoms with Crippen molar-refractivity contribution >= 4 is 39.1 Å². The third kappa shape index (κ3) is 4.42. The van der Waals surface area contributed by atoms with Crippen LogP contribution in [0.5, 0.6) is 5.88 Å². The van der Waals surface area contributed by atoms with Crippen LogP contribution in [0.2, 0.25) is 5.02 Å². The van der Waals surface area contributed by atoms with Gasteiger partial charge in [0.15, 0.2) is 11.5 Å². The normalized spacial score (nSPS) is 10.9. The molecule has 0 atom stereocenters. The molecule has 0 spiro atoms. The summed E-state index contributed by atoms with van der Waals surface area (Å²) in [7, 11) is 0. The first-order valence-electron chi connectivity index (χ1n) is 8.86. The van der Waals surface area contributed by atoms with Gasteiger partial charge in [-0.1, -0.05) is 39.7 Å². The van der Waals surface area contributed by atoms with E-state index >= 15 is 0 Å². The van der Waals surface area contributed by atoms with Crippen molar-refractivity contribution in [1.29, 1.82) is 0 Å². The predicted octanol–water partition coefficient (Wildman–Crippen LogP) is 4.16. The van der Waals surface area contributed by atoms with Crippen LogP contribution >= 0.6 is 27.5 Å². The highest BCUT2D eigenvalue weighted by Gasteiger charge is 2.12. The first-order valence-corrected chi connectivity index (χ1v) is 10.0. The number of carbonyl (C=O) groups excluding carboxylic acids is 1. The van der Waals surface area contributed by atoms with Crippen molar-refractivity contribution in [2.75, 3.05) is 13.2 Å². The molecule has 0 aliphatic rings. The van der Waals surface area contributed by atoms with E-state index in [4.69, 9.17) is 16.3 Å². The van der Waals surface area contributed by atoms with Crippen molar-refractivity contribution in [3.8, 4) is 17.3 Å². The number of hydrogen-bond acceptors (Lipinski definition) is 5. The maximum absolute atomic E-state index is 13.5. The monoisotopic (exact) mass is 489 g/mol. The molecule has 0 saturated carbocycles. The molecule has 152 valence electrons. The summed E-state index contributed by atoms with van der Waals surface area (Å²) in [6.07, 6.45) is 0. The number of halogens is 3. The lowest BCUT2D eigenvalue weighted by Crippen LogP contribution is -2.28. The standard InChI is InChI=1S/C20H14BrClFN5O2/c21-13-4-5-16(22)15(11-13)20(29)24-8-9-30-18-7-6-17-25-26-19(28(17)27-18)12-2-1-3-14(23)10-12/h1-7,10-11H,8-9H2,(H,24,29). The SMILES string of the molecule is O=C(NCCOc1ccc2nnc(-c3cccc(F)c3)n2n1)c1cc(Br)ccc1Cl. The zero-order valence-corrected chi connectivity index (χ0v) is 17.7. The minimum absolute atomic E-state index is 0.188. The van der Waals surface area contributed by atoms with Crippen molar-refractivity contribution in [3.63, 3.8) is 0 Å². The highest BCUT2D eigenvalue weighted by Crippen LogP contribution is 2.21. The lowest BCUT2D eigenvalue weighted by atomic mass is 10.2. The molecule has 0 saturated heterocycles. The van der Waals surface area contributed by atoms with Crippen molar-refractivity contribution in [2.45, 2.75) is 0 Å². The molecule has 1 amide bonds. The van der Waals surface area contributed by atoms with E-state index < -0.39 is 0 Å². The van der Waals surface area contributed by atoms with Crippen molar-refractivity contribution in [3.05, 3.63) is 75.5 Å². The molecular weight excluding hydrogens is 477 g/mol. The molecule has 7 nitrogen and oxygen atoms in total. The summed E-state index contributed by atoms with van der Waals surface area (Å²) in [5.74, 6) is 0.0284. The van der Waals surface area contributed by atoms with Crippen LogP contribution in [0.1, 0.15) is 10.4 Å². The van der Waals surface area contributed by atoms with E-state index in [0.29, 0.717) is 33.5 Å². The van der Waals surface area contributed by atoms with Gasteiger partial charge in [-0.05, 0) is 36.4 Å². The maximum atomic E-state index is 13.5. The van der Waals surface area contributed by atoms with Gasteiger partial charge in [-0.25, -0.2) is 4.39 Å². The molecule has 4 aromatic rings. The van der Waals surface area contributed by atoms with Gasteiger partial charge in [0.25, 0.3) is 5.91 Å². The van der Waals surface area contributed by atoms with Gasteiger partial charge in [-0.15, -0.1) is 15.3 Å². The molecule has 10 heteroatoms. The molecule has 0 radical (unpaired) electrons. The third-order valence-electron chi connectivity index (χ3n) is 4.13. The Labute approximate surface area is 184 Å². The number of nitrogens with zero attached hydrogens (tertiary/aromatic N) is 4. The smallest absolute Gasteiger partial charge is 0.252 e. The molecule has 2 aromatic carbocycles. The van der Waals surface area contributed by atoms with Crippen molar-refractivity contribution < 1.29 is 13.9 Å². The van der Waals surface area contributed by atoms with Gasteiger partial charge in [0, 0.05) is 16.1 Å². The Hall–Kier alpha value is -3.04. The lowest BCUT2D eigenvalue weighted by Gasteiger charge is -2.09. The minimum Gasteiger partial charge on any atom is -0.475 e. The first kappa shape index (κ1) is 20.2. The van der Waals surface area contributed by atoms with Crippen molar-refractivity contribution in [2.24, 2.45) is 0 Å². The molecule has 2 heterocycles. The number of aromatic nitrogens is 4. The van der Waals surface area contributed by atoms with Gasteiger partial charge in [-0.2, -0.15) is 4.52 Å². The second-order valence-electron chi connectivity index (χ2n) is 6.20. The topological polar surface area (TPSA) is 81.4 Å². The van der Waals surface area contributed by atoms with Crippen LogP contribution in [0, 0.1) is 5.82 Å². The second-order valence-corrected chi connectivity index (χ2v) is 7.53. The first-order chi connectivity index (χ1) is 14.5. The number of nitrogens with one attached hydrogen (secondary N) is 1. The Morgan fingerprint density at radius 1 is 1.17 bits per heavy atom. The van der Waals surface area contributed by atoms with Gasteiger partial charge >= 0.3 is 0 Å². The average molecular weight is 491 g/mol. The van der Waals surface area contributed by atoms with Crippen LogP contribution in [-0.2, 0) is 0 Å². The van der Waals surface area contributed by atoms with Crippen LogP contribution in [0.4, 0.5) is 4.39 Å². The fourth-order valence-electron chi connectivity index (χ4n) is 2.74. The number of benzene rings is 2. The van der Waals surface area contributed by atoms with E-state index in [-0.39, 0.29) is 24.9 Å². The van der Waals surface area contributed by atoms with Gasteiger partial charge in [0.1, 0.15) is 12.4 Å². The summed E-state index contributed by atoms with van der Waals surface area (Å²) in [6.45, 7) is 0.438. The van der Waals surface area contributed by atoms with Crippen LogP contribution < -0.4 is 10.1 Å². The fraction of sp³-hybridized carbons (Fsp3) is 0.100. The molecule has 0 aliphatic heterocycles.